The first-order chi connectivity index (χ1) is 7.77. The predicted octanol–water partition coefficient (Wildman–Crippen LogP) is 2.02. The second-order valence-corrected chi connectivity index (χ2v) is 4.68. The van der Waals surface area contributed by atoms with Crippen LogP contribution in [0.4, 0.5) is 5.69 Å². The summed E-state index contributed by atoms with van der Waals surface area (Å²) in [4.78, 5) is 0. The molecule has 82 valence electrons. The number of halogens is 1. The summed E-state index contributed by atoms with van der Waals surface area (Å²) < 4.78 is 2.73. The van der Waals surface area contributed by atoms with Gasteiger partial charge >= 0.3 is 0 Å². The fourth-order valence-corrected chi connectivity index (χ4v) is 2.10. The second-order valence-electron chi connectivity index (χ2n) is 3.89. The van der Waals surface area contributed by atoms with E-state index in [0.717, 1.165) is 28.7 Å². The lowest BCUT2D eigenvalue weighted by Gasteiger charge is -2.06. The molecule has 1 saturated carbocycles. The van der Waals surface area contributed by atoms with Crippen molar-refractivity contribution >= 4 is 21.6 Å². The molecule has 1 aliphatic carbocycles. The Labute approximate surface area is 101 Å². The molecule has 0 unspecified atom stereocenters. The van der Waals surface area contributed by atoms with Gasteiger partial charge in [-0.05, 0) is 51.3 Å². The smallest absolute Gasteiger partial charge is 0.183 e. The van der Waals surface area contributed by atoms with E-state index in [-0.39, 0.29) is 0 Å². The van der Waals surface area contributed by atoms with Crippen molar-refractivity contribution in [1.29, 1.82) is 0 Å². The largest absolute Gasteiger partial charge is 0.398 e. The van der Waals surface area contributed by atoms with Crippen LogP contribution in [-0.4, -0.2) is 20.2 Å². The van der Waals surface area contributed by atoms with Gasteiger partial charge in [0.25, 0.3) is 0 Å². The van der Waals surface area contributed by atoms with E-state index in [2.05, 4.69) is 31.5 Å². The number of anilines is 1. The summed E-state index contributed by atoms with van der Waals surface area (Å²) in [6, 6.07) is 6.17. The molecule has 0 spiro atoms. The third-order valence-corrected chi connectivity index (χ3v) is 3.54. The van der Waals surface area contributed by atoms with Crippen molar-refractivity contribution in [2.75, 3.05) is 5.73 Å². The molecule has 16 heavy (non-hydrogen) atoms. The number of tetrazole rings is 1. The molecule has 5 nitrogen and oxygen atoms in total. The molecule has 0 bridgehead atoms. The van der Waals surface area contributed by atoms with Crippen molar-refractivity contribution < 1.29 is 0 Å². The van der Waals surface area contributed by atoms with Crippen molar-refractivity contribution in [3.8, 4) is 11.4 Å². The summed E-state index contributed by atoms with van der Waals surface area (Å²) in [5.74, 6) is 0.779. The van der Waals surface area contributed by atoms with Gasteiger partial charge < -0.3 is 5.73 Å². The fraction of sp³-hybridized carbons (Fsp3) is 0.300. The molecule has 1 heterocycles. The van der Waals surface area contributed by atoms with E-state index in [0.29, 0.717) is 11.7 Å². The van der Waals surface area contributed by atoms with Crippen molar-refractivity contribution in [1.82, 2.24) is 20.2 Å². The Balaban J connectivity index is 2.14. The number of hydrogen-bond acceptors (Lipinski definition) is 4. The maximum absolute atomic E-state index is 5.84. The van der Waals surface area contributed by atoms with Gasteiger partial charge in [0, 0.05) is 11.3 Å². The summed E-state index contributed by atoms with van der Waals surface area (Å²) in [6.07, 6.45) is 2.30. The van der Waals surface area contributed by atoms with Crippen LogP contribution in [0, 0.1) is 0 Å². The van der Waals surface area contributed by atoms with Gasteiger partial charge in [-0.1, -0.05) is 6.07 Å². The number of rotatable bonds is 2. The molecule has 1 aromatic carbocycles. The van der Waals surface area contributed by atoms with Crippen molar-refractivity contribution in [2.24, 2.45) is 0 Å². The van der Waals surface area contributed by atoms with Gasteiger partial charge in [-0.3, -0.25) is 0 Å². The van der Waals surface area contributed by atoms with Gasteiger partial charge in [-0.15, -0.1) is 5.10 Å². The topological polar surface area (TPSA) is 69.6 Å². The maximum atomic E-state index is 5.84. The molecule has 2 aromatic rings. The van der Waals surface area contributed by atoms with Crippen LogP contribution in [0.2, 0.25) is 0 Å². The van der Waals surface area contributed by atoms with Gasteiger partial charge in [0.05, 0.1) is 10.5 Å². The highest BCUT2D eigenvalue weighted by molar-refractivity contribution is 9.10. The molecule has 6 heteroatoms. The highest BCUT2D eigenvalue weighted by Gasteiger charge is 2.28. The van der Waals surface area contributed by atoms with E-state index >= 15 is 0 Å². The zero-order valence-corrected chi connectivity index (χ0v) is 10.1. The molecule has 2 N–H and O–H groups in total. The van der Waals surface area contributed by atoms with Crippen LogP contribution in [0.1, 0.15) is 18.9 Å². The van der Waals surface area contributed by atoms with Crippen LogP contribution in [0.3, 0.4) is 0 Å². The molecule has 0 radical (unpaired) electrons. The molecular formula is C10H10BrN5. The maximum Gasteiger partial charge on any atom is 0.183 e. The molecular weight excluding hydrogens is 270 g/mol. The fourth-order valence-electron chi connectivity index (χ4n) is 1.66. The highest BCUT2D eigenvalue weighted by Crippen LogP contribution is 2.38. The third-order valence-electron chi connectivity index (χ3n) is 2.66. The van der Waals surface area contributed by atoms with Gasteiger partial charge in [-0.2, -0.15) is 0 Å². The van der Waals surface area contributed by atoms with E-state index in [1.165, 1.54) is 0 Å². The highest BCUT2D eigenvalue weighted by atomic mass is 79.9. The first-order valence-corrected chi connectivity index (χ1v) is 5.89. The first kappa shape index (κ1) is 9.77. The number of benzene rings is 1. The second kappa shape index (κ2) is 3.55. The summed E-state index contributed by atoms with van der Waals surface area (Å²) >= 11 is 3.47. The lowest BCUT2D eigenvalue weighted by Crippen LogP contribution is -2.00. The van der Waals surface area contributed by atoms with Crippen molar-refractivity contribution in [3.05, 3.63) is 22.7 Å². The standard InChI is InChI=1S/C10H10BrN5/c11-9-7(2-1-3-8(9)12)10-13-14-15-16(10)6-4-5-6/h1-3,6H,4-5,12H2. The minimum Gasteiger partial charge on any atom is -0.398 e. The van der Waals surface area contributed by atoms with Crippen LogP contribution in [0.15, 0.2) is 22.7 Å². The summed E-state index contributed by atoms with van der Waals surface area (Å²) in [7, 11) is 0. The Morgan fingerprint density at radius 2 is 2.19 bits per heavy atom. The molecule has 0 aliphatic heterocycles. The predicted molar refractivity (Wildman–Crippen MR) is 63.6 cm³/mol. The Kier molecular flexibility index (Phi) is 2.17. The lowest BCUT2D eigenvalue weighted by atomic mass is 10.2. The van der Waals surface area contributed by atoms with Crippen LogP contribution in [0.25, 0.3) is 11.4 Å². The number of hydrogen-bond donors (Lipinski definition) is 1. The zero-order chi connectivity index (χ0) is 11.1. The Bertz CT molecular complexity index is 532. The normalized spacial score (nSPS) is 15.3. The minimum atomic E-state index is 0.457. The summed E-state index contributed by atoms with van der Waals surface area (Å²) in [5.41, 5.74) is 7.48. The molecule has 1 aliphatic rings. The Hall–Kier alpha value is -1.43. The number of nitrogen functional groups attached to an aromatic ring is 1. The van der Waals surface area contributed by atoms with Crippen LogP contribution in [-0.2, 0) is 0 Å². The Morgan fingerprint density at radius 3 is 2.94 bits per heavy atom. The van der Waals surface area contributed by atoms with E-state index in [1.807, 2.05) is 22.9 Å². The van der Waals surface area contributed by atoms with Crippen molar-refractivity contribution in [2.45, 2.75) is 18.9 Å². The van der Waals surface area contributed by atoms with Crippen LogP contribution in [0.5, 0.6) is 0 Å². The number of aromatic nitrogens is 4. The lowest BCUT2D eigenvalue weighted by molar-refractivity contribution is 0.615. The average molecular weight is 280 g/mol. The first-order valence-electron chi connectivity index (χ1n) is 5.09. The zero-order valence-electron chi connectivity index (χ0n) is 8.47. The van der Waals surface area contributed by atoms with Crippen molar-refractivity contribution in [3.63, 3.8) is 0 Å². The Morgan fingerprint density at radius 1 is 1.38 bits per heavy atom. The molecule has 1 fully saturated rings. The number of nitrogens with zero attached hydrogens (tertiary/aromatic N) is 4. The van der Waals surface area contributed by atoms with Gasteiger partial charge in [0.2, 0.25) is 0 Å². The van der Waals surface area contributed by atoms with E-state index in [1.54, 1.807) is 0 Å². The van der Waals surface area contributed by atoms with Gasteiger partial charge in [0.15, 0.2) is 5.82 Å². The van der Waals surface area contributed by atoms with Crippen LogP contribution < -0.4 is 5.73 Å². The SMILES string of the molecule is Nc1cccc(-c2nnnn2C2CC2)c1Br. The molecule has 0 atom stereocenters. The molecule has 0 amide bonds. The van der Waals surface area contributed by atoms with E-state index in [9.17, 15) is 0 Å². The van der Waals surface area contributed by atoms with Gasteiger partial charge in [0.1, 0.15) is 0 Å². The molecule has 0 saturated heterocycles. The average Bonchev–Trinajstić information content (AvgIpc) is 3.01. The monoisotopic (exact) mass is 279 g/mol. The van der Waals surface area contributed by atoms with E-state index in [4.69, 9.17) is 5.73 Å². The molecule has 1 aromatic heterocycles. The minimum absolute atomic E-state index is 0.457. The quantitative estimate of drug-likeness (QED) is 0.854. The van der Waals surface area contributed by atoms with E-state index < -0.39 is 0 Å². The molecule has 3 rings (SSSR count). The van der Waals surface area contributed by atoms with Crippen LogP contribution >= 0.6 is 15.9 Å². The third kappa shape index (κ3) is 1.49. The van der Waals surface area contributed by atoms with Gasteiger partial charge in [-0.25, -0.2) is 4.68 Å². The number of nitrogens with two attached hydrogens (primary N) is 1. The summed E-state index contributed by atoms with van der Waals surface area (Å²) in [5, 5.41) is 11.8. The summed E-state index contributed by atoms with van der Waals surface area (Å²) in [6.45, 7) is 0.